The third kappa shape index (κ3) is 7.49. The Morgan fingerprint density at radius 3 is 0.729 bits per heavy atom. The molecule has 0 saturated carbocycles. The van der Waals surface area contributed by atoms with E-state index in [-0.39, 0.29) is 22.3 Å². The zero-order valence-electron chi connectivity index (χ0n) is 27.9. The molecule has 48 heavy (non-hydrogen) atoms. The SMILES string of the molecule is COC(=O)c1cc2c(cc1C(=O)OC)CCc1ccccc1CCc1cc(C(=O)OC)c(C(=O)OC)cc1CCc1ccccc1CC2. The van der Waals surface area contributed by atoms with E-state index in [0.29, 0.717) is 51.4 Å². The average molecular weight is 649 g/mol. The van der Waals surface area contributed by atoms with Crippen LogP contribution in [0, 0.1) is 0 Å². The molecule has 1 aliphatic carbocycles. The van der Waals surface area contributed by atoms with Gasteiger partial charge in [0.05, 0.1) is 50.7 Å². The average Bonchev–Trinajstić information content (AvgIpc) is 3.13. The van der Waals surface area contributed by atoms with Crippen LogP contribution >= 0.6 is 0 Å². The monoisotopic (exact) mass is 648 g/mol. The van der Waals surface area contributed by atoms with E-state index >= 15 is 0 Å². The van der Waals surface area contributed by atoms with Crippen LogP contribution in [0.2, 0.25) is 0 Å². The van der Waals surface area contributed by atoms with Crippen molar-refractivity contribution in [3.8, 4) is 0 Å². The van der Waals surface area contributed by atoms with Gasteiger partial charge in [0.2, 0.25) is 0 Å². The van der Waals surface area contributed by atoms with E-state index in [9.17, 15) is 19.2 Å². The number of rotatable bonds is 4. The molecule has 1 aliphatic rings. The van der Waals surface area contributed by atoms with Crippen molar-refractivity contribution in [3.05, 3.63) is 140 Å². The molecule has 0 radical (unpaired) electrons. The van der Waals surface area contributed by atoms with E-state index in [4.69, 9.17) is 18.9 Å². The summed E-state index contributed by atoms with van der Waals surface area (Å²) in [7, 11) is 5.21. The Labute approximate surface area is 281 Å². The van der Waals surface area contributed by atoms with Gasteiger partial charge in [0.15, 0.2) is 0 Å². The van der Waals surface area contributed by atoms with Crippen LogP contribution in [-0.2, 0) is 70.3 Å². The van der Waals surface area contributed by atoms with E-state index in [1.807, 2.05) is 24.3 Å². The minimum Gasteiger partial charge on any atom is -0.465 e. The van der Waals surface area contributed by atoms with E-state index in [0.717, 1.165) is 22.3 Å². The molecule has 0 saturated heterocycles. The third-order valence-corrected chi connectivity index (χ3v) is 9.19. The molecule has 0 aromatic heterocycles. The van der Waals surface area contributed by atoms with Crippen molar-refractivity contribution in [1.29, 1.82) is 0 Å². The normalized spacial score (nSPS) is 13.1. The Kier molecular flexibility index (Phi) is 11.1. The fourth-order valence-corrected chi connectivity index (χ4v) is 6.59. The van der Waals surface area contributed by atoms with Gasteiger partial charge in [0, 0.05) is 0 Å². The maximum absolute atomic E-state index is 12.8. The van der Waals surface area contributed by atoms with Crippen molar-refractivity contribution in [1.82, 2.24) is 0 Å². The maximum atomic E-state index is 12.8. The molecule has 0 N–H and O–H groups in total. The van der Waals surface area contributed by atoms with Gasteiger partial charge in [0.1, 0.15) is 0 Å². The van der Waals surface area contributed by atoms with Gasteiger partial charge >= 0.3 is 23.9 Å². The zero-order valence-corrected chi connectivity index (χ0v) is 27.9. The minimum atomic E-state index is -0.587. The summed E-state index contributed by atoms with van der Waals surface area (Å²) < 4.78 is 20.2. The predicted molar refractivity (Wildman–Crippen MR) is 181 cm³/mol. The first-order valence-electron chi connectivity index (χ1n) is 16.1. The van der Waals surface area contributed by atoms with Gasteiger partial charge in [-0.2, -0.15) is 0 Å². The van der Waals surface area contributed by atoms with Gasteiger partial charge < -0.3 is 18.9 Å². The number of carbonyl (C=O) groups excluding carboxylic acids is 4. The highest BCUT2D eigenvalue weighted by molar-refractivity contribution is 6.04. The standard InChI is InChI=1S/C40H40O8/c1-45-37(41)33-21-29-17-13-25-9-5-6-11-27(25)15-19-31-23-35(39(43)47-3)36(40(44)48-4)24-32(31)20-16-28-12-8-7-10-26(28)14-18-30(29)22-34(33)38(42)46-2/h5-12,21-24H,13-20H2,1-4H3. The fourth-order valence-electron chi connectivity index (χ4n) is 6.59. The van der Waals surface area contributed by atoms with Gasteiger partial charge in [-0.1, -0.05) is 48.5 Å². The lowest BCUT2D eigenvalue weighted by Gasteiger charge is -2.19. The third-order valence-electron chi connectivity index (χ3n) is 9.19. The number of benzene rings is 4. The van der Waals surface area contributed by atoms with Crippen molar-refractivity contribution >= 4 is 23.9 Å². The molecule has 0 bridgehead atoms. The highest BCUT2D eigenvalue weighted by Gasteiger charge is 2.24. The van der Waals surface area contributed by atoms with Crippen LogP contribution in [0.25, 0.3) is 0 Å². The molecule has 0 unspecified atom stereocenters. The van der Waals surface area contributed by atoms with Crippen molar-refractivity contribution in [2.24, 2.45) is 0 Å². The highest BCUT2D eigenvalue weighted by atomic mass is 16.5. The number of aryl methyl sites for hydroxylation is 8. The number of fused-ring (bicyclic) bond motifs is 4. The summed E-state index contributed by atoms with van der Waals surface area (Å²) in [5.41, 5.74) is 9.33. The van der Waals surface area contributed by atoms with Crippen LogP contribution in [0.15, 0.2) is 72.8 Å². The van der Waals surface area contributed by atoms with Crippen LogP contribution in [-0.4, -0.2) is 52.3 Å². The summed E-state index contributed by atoms with van der Waals surface area (Å²) >= 11 is 0. The quantitative estimate of drug-likeness (QED) is 0.188. The first-order chi connectivity index (χ1) is 23.3. The Bertz CT molecular complexity index is 1590. The van der Waals surface area contributed by atoms with E-state index in [2.05, 4.69) is 24.3 Å². The molecule has 0 atom stereocenters. The molecular formula is C40H40O8. The van der Waals surface area contributed by atoms with Crippen molar-refractivity contribution in [3.63, 3.8) is 0 Å². The van der Waals surface area contributed by atoms with E-state index < -0.39 is 23.9 Å². The summed E-state index contributed by atoms with van der Waals surface area (Å²) in [4.78, 5) is 51.2. The fraction of sp³-hybridized carbons (Fsp3) is 0.300. The van der Waals surface area contributed by atoms with E-state index in [1.54, 1.807) is 24.3 Å². The molecular weight excluding hydrogens is 608 g/mol. The molecule has 5 rings (SSSR count). The van der Waals surface area contributed by atoms with Gasteiger partial charge in [-0.3, -0.25) is 0 Å². The molecule has 8 nitrogen and oxygen atoms in total. The first kappa shape index (κ1) is 34.1. The van der Waals surface area contributed by atoms with Crippen molar-refractivity contribution < 1.29 is 38.1 Å². The Morgan fingerprint density at radius 2 is 0.542 bits per heavy atom. The topological polar surface area (TPSA) is 105 Å². The van der Waals surface area contributed by atoms with Crippen molar-refractivity contribution in [2.45, 2.75) is 51.4 Å². The van der Waals surface area contributed by atoms with Gasteiger partial charge in [-0.25, -0.2) is 19.2 Å². The second-order valence-corrected chi connectivity index (χ2v) is 11.8. The molecule has 0 aliphatic heterocycles. The Hall–Kier alpha value is -5.24. The smallest absolute Gasteiger partial charge is 0.338 e. The van der Waals surface area contributed by atoms with Gasteiger partial charge in [-0.15, -0.1) is 0 Å². The van der Waals surface area contributed by atoms with Gasteiger partial charge in [-0.05, 0) is 120 Å². The van der Waals surface area contributed by atoms with E-state index in [1.165, 1.54) is 50.7 Å². The number of ether oxygens (including phenoxy) is 4. The minimum absolute atomic E-state index is 0.190. The molecule has 0 heterocycles. The Balaban J connectivity index is 1.63. The zero-order chi connectivity index (χ0) is 34.2. The molecule has 8 heteroatoms. The number of esters is 4. The summed E-state index contributed by atoms with van der Waals surface area (Å²) in [6.45, 7) is 0. The number of carbonyl (C=O) groups is 4. The molecule has 0 fully saturated rings. The van der Waals surface area contributed by atoms with Crippen LogP contribution in [0.1, 0.15) is 85.9 Å². The molecule has 4 aromatic carbocycles. The summed E-state index contributed by atoms with van der Waals surface area (Å²) in [6, 6.07) is 23.6. The summed E-state index contributed by atoms with van der Waals surface area (Å²) in [5, 5.41) is 0. The first-order valence-corrected chi connectivity index (χ1v) is 16.1. The number of hydrogen-bond donors (Lipinski definition) is 0. The predicted octanol–water partition coefficient (Wildman–Crippen LogP) is 6.29. The van der Waals surface area contributed by atoms with Crippen LogP contribution in [0.5, 0.6) is 0 Å². The van der Waals surface area contributed by atoms with Crippen LogP contribution in [0.3, 0.4) is 0 Å². The second kappa shape index (κ2) is 15.6. The van der Waals surface area contributed by atoms with Crippen LogP contribution < -0.4 is 0 Å². The lowest BCUT2D eigenvalue weighted by molar-refractivity contribution is 0.0555. The molecule has 248 valence electrons. The molecule has 4 aromatic rings. The van der Waals surface area contributed by atoms with Crippen molar-refractivity contribution in [2.75, 3.05) is 28.4 Å². The number of hydrogen-bond acceptors (Lipinski definition) is 8. The lowest BCUT2D eigenvalue weighted by Crippen LogP contribution is -2.15. The van der Waals surface area contributed by atoms with Gasteiger partial charge in [0.25, 0.3) is 0 Å². The maximum Gasteiger partial charge on any atom is 0.338 e. The lowest BCUT2D eigenvalue weighted by atomic mass is 9.86. The Morgan fingerprint density at radius 1 is 0.354 bits per heavy atom. The second-order valence-electron chi connectivity index (χ2n) is 11.8. The van der Waals surface area contributed by atoms with Crippen LogP contribution in [0.4, 0.5) is 0 Å². The number of methoxy groups -OCH3 is 4. The highest BCUT2D eigenvalue weighted by Crippen LogP contribution is 2.27. The molecule has 0 amide bonds. The largest absolute Gasteiger partial charge is 0.465 e. The summed E-state index contributed by atoms with van der Waals surface area (Å²) in [6.07, 6.45) is 5.41. The summed E-state index contributed by atoms with van der Waals surface area (Å²) in [5.74, 6) is -2.35. The molecule has 0 spiro atoms.